The largest absolute Gasteiger partial charge is 0.477 e. The number of halogens is 1. The molecule has 2 heterocycles. The number of rotatable bonds is 3. The van der Waals surface area contributed by atoms with Crippen molar-refractivity contribution >= 4 is 40.7 Å². The van der Waals surface area contributed by atoms with Crippen LogP contribution in [0.2, 0.25) is 5.15 Å². The molecule has 2 N–H and O–H groups in total. The van der Waals surface area contributed by atoms with Crippen molar-refractivity contribution in [2.24, 2.45) is 0 Å². The number of thiazole rings is 1. The molecule has 15 heavy (non-hydrogen) atoms. The molecule has 6 nitrogen and oxygen atoms in total. The van der Waals surface area contributed by atoms with Gasteiger partial charge in [0.25, 0.3) is 0 Å². The highest BCUT2D eigenvalue weighted by Gasteiger charge is 2.16. The summed E-state index contributed by atoms with van der Waals surface area (Å²) >= 11 is 7.81. The normalized spacial score (nSPS) is 10.5. The van der Waals surface area contributed by atoms with Crippen molar-refractivity contribution < 1.29 is 9.90 Å². The number of carbonyl (C=O) groups is 1. The first kappa shape index (κ1) is 10.4. The number of H-pyrrole nitrogens is 1. The van der Waals surface area contributed by atoms with E-state index in [1.807, 2.05) is 0 Å². The minimum absolute atomic E-state index is 0.00508. The van der Waals surface area contributed by atoms with E-state index >= 15 is 0 Å². The van der Waals surface area contributed by atoms with Crippen molar-refractivity contribution in [2.45, 2.75) is 9.50 Å². The number of hydrogen-bond donors (Lipinski definition) is 2. The molecule has 0 saturated carbocycles. The highest BCUT2D eigenvalue weighted by atomic mass is 35.5. The Morgan fingerprint density at radius 1 is 1.67 bits per heavy atom. The molecule has 0 unspecified atom stereocenters. The third-order valence-corrected chi connectivity index (χ3v) is 3.72. The predicted octanol–water partition coefficient (Wildman–Crippen LogP) is 1.76. The van der Waals surface area contributed by atoms with Crippen molar-refractivity contribution in [3.8, 4) is 0 Å². The molecular weight excluding hydrogens is 260 g/mol. The molecule has 0 aromatic carbocycles. The monoisotopic (exact) mass is 262 g/mol. The average molecular weight is 263 g/mol. The quantitative estimate of drug-likeness (QED) is 0.876. The van der Waals surface area contributed by atoms with E-state index in [1.54, 1.807) is 0 Å². The lowest BCUT2D eigenvalue weighted by Crippen LogP contribution is -1.91. The van der Waals surface area contributed by atoms with E-state index in [4.69, 9.17) is 16.7 Å². The molecule has 2 rings (SSSR count). The molecule has 0 radical (unpaired) electrons. The van der Waals surface area contributed by atoms with Crippen molar-refractivity contribution in [3.05, 3.63) is 16.4 Å². The van der Waals surface area contributed by atoms with Gasteiger partial charge in [-0.2, -0.15) is 5.10 Å². The molecule has 0 fully saturated rings. The van der Waals surface area contributed by atoms with Gasteiger partial charge in [0.2, 0.25) is 0 Å². The lowest BCUT2D eigenvalue weighted by molar-refractivity contribution is 0.0702. The van der Waals surface area contributed by atoms with Crippen LogP contribution in [0.15, 0.2) is 15.8 Å². The van der Waals surface area contributed by atoms with E-state index in [-0.39, 0.29) is 10.0 Å². The second-order valence-corrected chi connectivity index (χ2v) is 4.89. The molecule has 0 amide bonds. The third kappa shape index (κ3) is 2.28. The van der Waals surface area contributed by atoms with Crippen LogP contribution in [0.4, 0.5) is 0 Å². The molecule has 0 aliphatic carbocycles. The SMILES string of the molecule is O=C(O)c1sc(Sc2ncn[nH]2)nc1Cl. The van der Waals surface area contributed by atoms with Crippen LogP contribution in [0.3, 0.4) is 0 Å². The van der Waals surface area contributed by atoms with E-state index in [1.165, 1.54) is 18.1 Å². The first-order valence-electron chi connectivity index (χ1n) is 3.59. The van der Waals surface area contributed by atoms with Gasteiger partial charge in [-0.15, -0.1) is 0 Å². The van der Waals surface area contributed by atoms with Gasteiger partial charge in [-0.3, -0.25) is 5.10 Å². The fourth-order valence-electron chi connectivity index (χ4n) is 0.785. The topological polar surface area (TPSA) is 91.8 Å². The Balaban J connectivity index is 2.23. The van der Waals surface area contributed by atoms with Crippen LogP contribution in [-0.2, 0) is 0 Å². The maximum Gasteiger partial charge on any atom is 0.349 e. The molecule has 2 aromatic heterocycles. The fourth-order valence-corrected chi connectivity index (χ4v) is 2.85. The number of nitrogens with zero attached hydrogens (tertiary/aromatic N) is 3. The van der Waals surface area contributed by atoms with E-state index in [0.717, 1.165) is 11.3 Å². The molecule has 78 valence electrons. The minimum atomic E-state index is -1.08. The first-order valence-corrected chi connectivity index (χ1v) is 5.60. The number of nitrogens with one attached hydrogen (secondary N) is 1. The zero-order valence-electron chi connectivity index (χ0n) is 6.97. The molecular formula is C6H3ClN4O2S2. The van der Waals surface area contributed by atoms with Crippen molar-refractivity contribution in [1.29, 1.82) is 0 Å². The second-order valence-electron chi connectivity index (χ2n) is 2.30. The van der Waals surface area contributed by atoms with Crippen LogP contribution in [-0.4, -0.2) is 31.2 Å². The second kappa shape index (κ2) is 4.17. The Labute approximate surface area is 96.7 Å². The number of carboxylic acid groups (broad SMARTS) is 1. The summed E-state index contributed by atoms with van der Waals surface area (Å²) in [5.74, 6) is -1.08. The maximum absolute atomic E-state index is 10.7. The molecule has 2 aromatic rings. The Bertz CT molecular complexity index is 483. The van der Waals surface area contributed by atoms with Gasteiger partial charge in [0, 0.05) is 0 Å². The van der Waals surface area contributed by atoms with Gasteiger partial charge in [0.05, 0.1) is 0 Å². The van der Waals surface area contributed by atoms with Crippen LogP contribution in [0, 0.1) is 0 Å². The highest BCUT2D eigenvalue weighted by Crippen LogP contribution is 2.32. The van der Waals surface area contributed by atoms with Gasteiger partial charge >= 0.3 is 5.97 Å². The van der Waals surface area contributed by atoms with Gasteiger partial charge in [-0.05, 0) is 11.8 Å². The van der Waals surface area contributed by atoms with Gasteiger partial charge in [0.15, 0.2) is 19.5 Å². The van der Waals surface area contributed by atoms with Crippen molar-refractivity contribution in [3.63, 3.8) is 0 Å². The van der Waals surface area contributed by atoms with Crippen molar-refractivity contribution in [2.75, 3.05) is 0 Å². The third-order valence-electron chi connectivity index (χ3n) is 1.34. The van der Waals surface area contributed by atoms with Gasteiger partial charge in [-0.25, -0.2) is 14.8 Å². The smallest absolute Gasteiger partial charge is 0.349 e. The minimum Gasteiger partial charge on any atom is -0.477 e. The summed E-state index contributed by atoms with van der Waals surface area (Å²) < 4.78 is 0.508. The van der Waals surface area contributed by atoms with E-state index < -0.39 is 5.97 Å². The summed E-state index contributed by atoms with van der Waals surface area (Å²) in [6.45, 7) is 0. The summed E-state index contributed by atoms with van der Waals surface area (Å²) in [5, 5.41) is 15.6. The number of aromatic nitrogens is 4. The molecule has 0 spiro atoms. The lowest BCUT2D eigenvalue weighted by Gasteiger charge is -1.87. The number of hydrogen-bond acceptors (Lipinski definition) is 6. The predicted molar refractivity (Wildman–Crippen MR) is 54.6 cm³/mol. The Morgan fingerprint density at radius 2 is 2.47 bits per heavy atom. The zero-order valence-corrected chi connectivity index (χ0v) is 9.36. The fraction of sp³-hybridized carbons (Fsp3) is 0. The number of carboxylic acids is 1. The Hall–Kier alpha value is -1.12. The van der Waals surface area contributed by atoms with Gasteiger partial charge < -0.3 is 5.11 Å². The van der Waals surface area contributed by atoms with Gasteiger partial charge in [0.1, 0.15) is 6.33 Å². The summed E-state index contributed by atoms with van der Waals surface area (Å²) in [7, 11) is 0. The number of aromatic amines is 1. The molecule has 0 atom stereocenters. The molecule has 0 aliphatic rings. The first-order chi connectivity index (χ1) is 7.16. The van der Waals surface area contributed by atoms with E-state index in [9.17, 15) is 4.79 Å². The van der Waals surface area contributed by atoms with Crippen LogP contribution >= 0.6 is 34.7 Å². The maximum atomic E-state index is 10.7. The lowest BCUT2D eigenvalue weighted by atomic mass is 10.6. The Kier molecular flexibility index (Phi) is 2.89. The van der Waals surface area contributed by atoms with Crippen LogP contribution in [0.1, 0.15) is 9.67 Å². The molecule has 9 heteroatoms. The summed E-state index contributed by atoms with van der Waals surface area (Å²) in [5.41, 5.74) is 0. The van der Waals surface area contributed by atoms with Crippen LogP contribution in [0.25, 0.3) is 0 Å². The number of aromatic carboxylic acids is 1. The zero-order chi connectivity index (χ0) is 10.8. The standard InChI is InChI=1S/C6H3ClN4O2S2/c7-3-2(4(12)13)14-6(10-3)15-5-8-1-9-11-5/h1H,(H,12,13)(H,8,9,11). The molecule has 0 saturated heterocycles. The molecule has 0 aliphatic heterocycles. The summed E-state index contributed by atoms with van der Waals surface area (Å²) in [6, 6.07) is 0. The van der Waals surface area contributed by atoms with E-state index in [2.05, 4.69) is 20.2 Å². The summed E-state index contributed by atoms with van der Waals surface area (Å²) in [6.07, 6.45) is 1.36. The average Bonchev–Trinajstić information content (AvgIpc) is 2.75. The van der Waals surface area contributed by atoms with E-state index in [0.29, 0.717) is 9.50 Å². The van der Waals surface area contributed by atoms with Crippen molar-refractivity contribution in [1.82, 2.24) is 20.2 Å². The van der Waals surface area contributed by atoms with Crippen LogP contribution in [0.5, 0.6) is 0 Å². The molecule has 0 bridgehead atoms. The highest BCUT2D eigenvalue weighted by molar-refractivity contribution is 8.00. The van der Waals surface area contributed by atoms with Gasteiger partial charge in [-0.1, -0.05) is 22.9 Å². The van der Waals surface area contributed by atoms with Crippen LogP contribution < -0.4 is 0 Å². The summed E-state index contributed by atoms with van der Waals surface area (Å²) in [4.78, 5) is 18.5. The Morgan fingerprint density at radius 3 is 3.00 bits per heavy atom.